The number of amides is 1. The van der Waals surface area contributed by atoms with Gasteiger partial charge < -0.3 is 20.1 Å². The van der Waals surface area contributed by atoms with Crippen LogP contribution in [-0.2, 0) is 17.9 Å². The number of anilines is 1. The second-order valence-electron chi connectivity index (χ2n) is 7.11. The molecule has 1 aromatic heterocycles. The highest BCUT2D eigenvalue weighted by molar-refractivity contribution is 5.95. The molecule has 1 amide bonds. The minimum absolute atomic E-state index is 0.0399. The maximum absolute atomic E-state index is 11.8. The summed E-state index contributed by atoms with van der Waals surface area (Å²) in [6.07, 6.45) is 5.27. The molecule has 0 aliphatic carbocycles. The van der Waals surface area contributed by atoms with Crippen molar-refractivity contribution in [2.45, 2.75) is 38.8 Å². The van der Waals surface area contributed by atoms with Crippen LogP contribution >= 0.6 is 0 Å². The van der Waals surface area contributed by atoms with Gasteiger partial charge in [0.25, 0.3) is 0 Å². The Bertz CT molecular complexity index is 889. The number of hydrogen-bond donors (Lipinski definition) is 2. The van der Waals surface area contributed by atoms with E-state index < -0.39 is 0 Å². The van der Waals surface area contributed by atoms with Crippen LogP contribution in [0, 0.1) is 0 Å². The Labute approximate surface area is 171 Å². The molecule has 0 saturated carbocycles. The van der Waals surface area contributed by atoms with E-state index in [1.54, 1.807) is 23.7 Å². The van der Waals surface area contributed by atoms with E-state index in [1.807, 2.05) is 41.4 Å². The SMILES string of the molecule is CN=C(NCCCCn1ccccc1=O)NCc1ccc(N2CCCC2=O)cc1. The molecule has 2 N–H and O–H groups in total. The number of guanidine groups is 1. The summed E-state index contributed by atoms with van der Waals surface area (Å²) >= 11 is 0. The number of benzene rings is 1. The van der Waals surface area contributed by atoms with Gasteiger partial charge in [-0.2, -0.15) is 0 Å². The van der Waals surface area contributed by atoms with Gasteiger partial charge in [-0.1, -0.05) is 18.2 Å². The molecule has 2 heterocycles. The fraction of sp³-hybridized carbons (Fsp3) is 0.409. The molecule has 29 heavy (non-hydrogen) atoms. The molecular formula is C22H29N5O2. The third-order valence-corrected chi connectivity index (χ3v) is 5.02. The molecule has 2 aromatic rings. The van der Waals surface area contributed by atoms with Crippen molar-refractivity contribution in [2.75, 3.05) is 25.0 Å². The van der Waals surface area contributed by atoms with E-state index in [1.165, 1.54) is 0 Å². The predicted octanol–water partition coefficient (Wildman–Crippen LogP) is 2.12. The number of aryl methyl sites for hydroxylation is 1. The lowest BCUT2D eigenvalue weighted by Crippen LogP contribution is -2.37. The Balaban J connectivity index is 1.37. The standard InChI is InChI=1S/C22H29N5O2/c1-23-22(24-13-3-5-15-26-14-4-2-7-20(26)28)25-17-18-9-11-19(12-10-18)27-16-6-8-21(27)29/h2,4,7,9-12,14H,3,5-6,8,13,15-17H2,1H3,(H2,23,24,25). The summed E-state index contributed by atoms with van der Waals surface area (Å²) in [5.41, 5.74) is 2.14. The number of pyridine rings is 1. The molecule has 1 aliphatic heterocycles. The Hall–Kier alpha value is -3.09. The maximum Gasteiger partial charge on any atom is 0.250 e. The van der Waals surface area contributed by atoms with Gasteiger partial charge in [0.2, 0.25) is 11.5 Å². The highest BCUT2D eigenvalue weighted by Gasteiger charge is 2.21. The first kappa shape index (κ1) is 20.6. The van der Waals surface area contributed by atoms with Crippen LogP contribution in [0.1, 0.15) is 31.2 Å². The summed E-state index contributed by atoms with van der Waals surface area (Å²) in [5.74, 6) is 0.957. The molecule has 1 saturated heterocycles. The lowest BCUT2D eigenvalue weighted by molar-refractivity contribution is -0.117. The molecular weight excluding hydrogens is 366 g/mol. The monoisotopic (exact) mass is 395 g/mol. The number of hydrogen-bond acceptors (Lipinski definition) is 3. The smallest absolute Gasteiger partial charge is 0.250 e. The number of aromatic nitrogens is 1. The van der Waals surface area contributed by atoms with Crippen molar-refractivity contribution in [3.63, 3.8) is 0 Å². The molecule has 7 nitrogen and oxygen atoms in total. The van der Waals surface area contributed by atoms with Crippen LogP contribution in [0.3, 0.4) is 0 Å². The molecule has 1 aliphatic rings. The number of nitrogens with zero attached hydrogens (tertiary/aromatic N) is 3. The van der Waals surface area contributed by atoms with E-state index in [0.717, 1.165) is 56.1 Å². The van der Waals surface area contributed by atoms with Gasteiger partial charge >= 0.3 is 0 Å². The van der Waals surface area contributed by atoms with E-state index >= 15 is 0 Å². The average molecular weight is 396 g/mol. The third kappa shape index (κ3) is 5.94. The first-order chi connectivity index (χ1) is 14.2. The van der Waals surface area contributed by atoms with Gasteiger partial charge in [-0.05, 0) is 43.0 Å². The number of nitrogens with one attached hydrogen (secondary N) is 2. The molecule has 0 unspecified atom stereocenters. The molecule has 7 heteroatoms. The Kier molecular flexibility index (Phi) is 7.44. The van der Waals surface area contributed by atoms with E-state index in [9.17, 15) is 9.59 Å². The molecule has 3 rings (SSSR count). The van der Waals surface area contributed by atoms with Crippen LogP contribution in [0.5, 0.6) is 0 Å². The second-order valence-corrected chi connectivity index (χ2v) is 7.11. The lowest BCUT2D eigenvalue weighted by atomic mass is 10.2. The molecule has 0 spiro atoms. The Morgan fingerprint density at radius 3 is 2.59 bits per heavy atom. The van der Waals surface area contributed by atoms with Crippen molar-refractivity contribution in [1.29, 1.82) is 0 Å². The summed E-state index contributed by atoms with van der Waals surface area (Å²) in [6, 6.07) is 13.3. The highest BCUT2D eigenvalue weighted by Crippen LogP contribution is 2.21. The summed E-state index contributed by atoms with van der Waals surface area (Å²) in [4.78, 5) is 29.6. The van der Waals surface area contributed by atoms with Gasteiger partial charge in [-0.15, -0.1) is 0 Å². The van der Waals surface area contributed by atoms with Gasteiger partial charge in [-0.3, -0.25) is 14.6 Å². The zero-order chi connectivity index (χ0) is 20.5. The number of aliphatic imine (C=N–C) groups is 1. The first-order valence-electron chi connectivity index (χ1n) is 10.2. The molecule has 0 atom stereocenters. The molecule has 154 valence electrons. The van der Waals surface area contributed by atoms with Crippen LogP contribution in [0.25, 0.3) is 0 Å². The van der Waals surface area contributed by atoms with Crippen molar-refractivity contribution in [3.05, 3.63) is 64.6 Å². The highest BCUT2D eigenvalue weighted by atomic mass is 16.2. The molecule has 1 aromatic carbocycles. The number of rotatable bonds is 8. The van der Waals surface area contributed by atoms with Gasteiger partial charge in [0.1, 0.15) is 0 Å². The van der Waals surface area contributed by atoms with Gasteiger partial charge in [-0.25, -0.2) is 0 Å². The van der Waals surface area contributed by atoms with E-state index in [0.29, 0.717) is 13.0 Å². The molecule has 0 bridgehead atoms. The summed E-state index contributed by atoms with van der Waals surface area (Å²) < 4.78 is 1.73. The number of carbonyl (C=O) groups excluding carboxylic acids is 1. The van der Waals surface area contributed by atoms with Gasteiger partial charge in [0, 0.05) is 57.6 Å². The number of carbonyl (C=O) groups is 1. The summed E-state index contributed by atoms with van der Waals surface area (Å²) in [6.45, 7) is 2.98. The van der Waals surface area contributed by atoms with Crippen molar-refractivity contribution in [1.82, 2.24) is 15.2 Å². The first-order valence-corrected chi connectivity index (χ1v) is 10.2. The fourth-order valence-electron chi connectivity index (χ4n) is 3.38. The van der Waals surface area contributed by atoms with Crippen LogP contribution < -0.4 is 21.1 Å². The Morgan fingerprint density at radius 1 is 1.07 bits per heavy atom. The van der Waals surface area contributed by atoms with Crippen molar-refractivity contribution < 1.29 is 4.79 Å². The average Bonchev–Trinajstić information content (AvgIpc) is 3.17. The predicted molar refractivity (Wildman–Crippen MR) is 116 cm³/mol. The van der Waals surface area contributed by atoms with E-state index in [-0.39, 0.29) is 11.5 Å². The van der Waals surface area contributed by atoms with E-state index in [2.05, 4.69) is 15.6 Å². The number of unbranched alkanes of at least 4 members (excludes halogenated alkanes) is 1. The summed E-state index contributed by atoms with van der Waals surface area (Å²) in [5, 5.41) is 6.61. The summed E-state index contributed by atoms with van der Waals surface area (Å²) in [7, 11) is 1.75. The fourth-order valence-corrected chi connectivity index (χ4v) is 3.38. The molecule has 0 radical (unpaired) electrons. The largest absolute Gasteiger partial charge is 0.356 e. The lowest BCUT2D eigenvalue weighted by Gasteiger charge is -2.16. The topological polar surface area (TPSA) is 78.7 Å². The normalized spacial score (nSPS) is 14.3. The van der Waals surface area contributed by atoms with Crippen LogP contribution in [-0.4, -0.2) is 36.6 Å². The zero-order valence-corrected chi connectivity index (χ0v) is 16.9. The second kappa shape index (κ2) is 10.5. The molecule has 1 fully saturated rings. The quantitative estimate of drug-likeness (QED) is 0.408. The van der Waals surface area contributed by atoms with Crippen molar-refractivity contribution in [3.8, 4) is 0 Å². The van der Waals surface area contributed by atoms with Crippen molar-refractivity contribution >= 4 is 17.6 Å². The van der Waals surface area contributed by atoms with Gasteiger partial charge in [0.05, 0.1) is 0 Å². The third-order valence-electron chi connectivity index (χ3n) is 5.02. The van der Waals surface area contributed by atoms with Gasteiger partial charge in [0.15, 0.2) is 5.96 Å². The van der Waals surface area contributed by atoms with Crippen LogP contribution in [0.4, 0.5) is 5.69 Å². The van der Waals surface area contributed by atoms with Crippen LogP contribution in [0.15, 0.2) is 58.4 Å². The Morgan fingerprint density at radius 2 is 1.90 bits per heavy atom. The zero-order valence-electron chi connectivity index (χ0n) is 16.9. The minimum Gasteiger partial charge on any atom is -0.356 e. The van der Waals surface area contributed by atoms with E-state index in [4.69, 9.17) is 0 Å². The maximum atomic E-state index is 11.8. The minimum atomic E-state index is 0.0399. The van der Waals surface area contributed by atoms with Crippen LogP contribution in [0.2, 0.25) is 0 Å². The van der Waals surface area contributed by atoms with Crippen molar-refractivity contribution in [2.24, 2.45) is 4.99 Å².